The second-order valence-corrected chi connectivity index (χ2v) is 9.12. The van der Waals surface area contributed by atoms with Gasteiger partial charge in [-0.25, -0.2) is 9.50 Å². The molecule has 1 aliphatic heterocycles. The molecule has 1 saturated heterocycles. The van der Waals surface area contributed by atoms with Gasteiger partial charge in [0.1, 0.15) is 6.10 Å². The molecule has 1 atom stereocenters. The Labute approximate surface area is 173 Å². The topological polar surface area (TPSA) is 59.7 Å². The fraction of sp³-hybridized carbons (Fsp3) is 0.667. The Balaban J connectivity index is 1.61. The Morgan fingerprint density at radius 2 is 1.90 bits per heavy atom. The molecule has 6 nitrogen and oxygen atoms in total. The second kappa shape index (κ2) is 7.51. The number of fused-ring (bicyclic) bond motifs is 1. The molecule has 164 valence electrons. The van der Waals surface area contributed by atoms with Crippen molar-refractivity contribution in [3.05, 3.63) is 29.2 Å². The molecular formula is C21H27F3N4O2. The van der Waals surface area contributed by atoms with Crippen LogP contribution in [0.15, 0.2) is 12.1 Å². The van der Waals surface area contributed by atoms with E-state index < -0.39 is 12.1 Å². The number of carbonyl (C=O) groups is 1. The standard InChI is InChI=1S/C21H27F3N4O2/c1-13-8-17(18-10-27(12-29)20(2,3)11-30-18)28-19(25-13)9-16(26-28)14-4-6-15(7-5-14)21(22,23)24/h8-9,12,14-15,18H,4-7,10-11H2,1-3H3/t14-,15-,18-/m0/s1. The maximum Gasteiger partial charge on any atom is 0.391 e. The minimum absolute atomic E-state index is 0.00358. The van der Waals surface area contributed by atoms with Crippen molar-refractivity contribution in [1.82, 2.24) is 19.5 Å². The molecule has 2 aromatic heterocycles. The number of rotatable bonds is 3. The first-order chi connectivity index (χ1) is 14.1. The smallest absolute Gasteiger partial charge is 0.368 e. The average molecular weight is 424 g/mol. The van der Waals surface area contributed by atoms with Gasteiger partial charge in [-0.2, -0.15) is 18.3 Å². The molecule has 0 aromatic carbocycles. The van der Waals surface area contributed by atoms with Gasteiger partial charge < -0.3 is 9.64 Å². The van der Waals surface area contributed by atoms with E-state index in [0.717, 1.165) is 23.5 Å². The number of alkyl halides is 3. The maximum absolute atomic E-state index is 13.0. The van der Waals surface area contributed by atoms with E-state index in [0.29, 0.717) is 31.6 Å². The van der Waals surface area contributed by atoms with Crippen LogP contribution in [0.2, 0.25) is 0 Å². The molecule has 2 aliphatic rings. The van der Waals surface area contributed by atoms with Crippen LogP contribution >= 0.6 is 0 Å². The van der Waals surface area contributed by atoms with Crippen molar-refractivity contribution < 1.29 is 22.7 Å². The fourth-order valence-corrected chi connectivity index (χ4v) is 4.52. The number of hydrogen-bond acceptors (Lipinski definition) is 4. The van der Waals surface area contributed by atoms with Crippen molar-refractivity contribution in [1.29, 1.82) is 0 Å². The Kier molecular flexibility index (Phi) is 5.28. The van der Waals surface area contributed by atoms with Crippen LogP contribution < -0.4 is 0 Å². The molecule has 0 N–H and O–H groups in total. The molecule has 1 aliphatic carbocycles. The zero-order valence-electron chi connectivity index (χ0n) is 17.4. The highest BCUT2D eigenvalue weighted by Gasteiger charge is 2.42. The summed E-state index contributed by atoms with van der Waals surface area (Å²) < 4.78 is 46.7. The number of amides is 1. The van der Waals surface area contributed by atoms with Crippen LogP contribution in [0, 0.1) is 12.8 Å². The molecule has 1 saturated carbocycles. The van der Waals surface area contributed by atoms with Gasteiger partial charge in [-0.1, -0.05) is 0 Å². The van der Waals surface area contributed by atoms with E-state index in [2.05, 4.69) is 4.98 Å². The zero-order valence-corrected chi connectivity index (χ0v) is 17.4. The average Bonchev–Trinajstić information content (AvgIpc) is 3.10. The lowest BCUT2D eigenvalue weighted by Gasteiger charge is -2.43. The Hall–Kier alpha value is -2.16. The number of nitrogens with zero attached hydrogens (tertiary/aromatic N) is 4. The van der Waals surface area contributed by atoms with Gasteiger partial charge in [-0.05, 0) is 52.5 Å². The van der Waals surface area contributed by atoms with Crippen LogP contribution in [0.1, 0.15) is 68.6 Å². The number of aromatic nitrogens is 3. The van der Waals surface area contributed by atoms with Gasteiger partial charge in [0.25, 0.3) is 0 Å². The number of ether oxygens (including phenoxy) is 1. The summed E-state index contributed by atoms with van der Waals surface area (Å²) in [4.78, 5) is 17.8. The Morgan fingerprint density at radius 1 is 1.20 bits per heavy atom. The number of halogens is 3. The van der Waals surface area contributed by atoms with Crippen LogP contribution in [-0.4, -0.2) is 50.8 Å². The molecule has 0 spiro atoms. The zero-order chi connectivity index (χ0) is 21.7. The van der Waals surface area contributed by atoms with E-state index in [4.69, 9.17) is 9.84 Å². The quantitative estimate of drug-likeness (QED) is 0.694. The first-order valence-corrected chi connectivity index (χ1v) is 10.4. The summed E-state index contributed by atoms with van der Waals surface area (Å²) in [5.41, 5.74) is 2.65. The van der Waals surface area contributed by atoms with Gasteiger partial charge >= 0.3 is 6.18 Å². The van der Waals surface area contributed by atoms with Gasteiger partial charge in [0.2, 0.25) is 6.41 Å². The van der Waals surface area contributed by atoms with Crippen molar-refractivity contribution in [2.75, 3.05) is 13.2 Å². The molecular weight excluding hydrogens is 397 g/mol. The Morgan fingerprint density at radius 3 is 2.53 bits per heavy atom. The summed E-state index contributed by atoms with van der Waals surface area (Å²) in [6.07, 6.45) is -2.42. The molecule has 30 heavy (non-hydrogen) atoms. The molecule has 9 heteroatoms. The normalized spacial score (nSPS) is 27.4. The third-order valence-electron chi connectivity index (χ3n) is 6.44. The van der Waals surface area contributed by atoms with Crippen LogP contribution in [0.25, 0.3) is 5.65 Å². The van der Waals surface area contributed by atoms with Crippen LogP contribution in [0.5, 0.6) is 0 Å². The van der Waals surface area contributed by atoms with Gasteiger partial charge in [-0.3, -0.25) is 4.79 Å². The summed E-state index contributed by atoms with van der Waals surface area (Å²) in [7, 11) is 0. The van der Waals surface area contributed by atoms with Crippen molar-refractivity contribution in [3.8, 4) is 0 Å². The largest absolute Gasteiger partial charge is 0.391 e. The molecule has 4 rings (SSSR count). The molecule has 2 aromatic rings. The number of carbonyl (C=O) groups excluding carboxylic acids is 1. The van der Waals surface area contributed by atoms with Crippen molar-refractivity contribution in [2.24, 2.45) is 5.92 Å². The molecule has 0 radical (unpaired) electrons. The highest BCUT2D eigenvalue weighted by molar-refractivity contribution is 5.50. The predicted molar refractivity (Wildman–Crippen MR) is 104 cm³/mol. The number of aryl methyl sites for hydroxylation is 1. The summed E-state index contributed by atoms with van der Waals surface area (Å²) in [6.45, 7) is 6.59. The molecule has 3 heterocycles. The third kappa shape index (κ3) is 3.91. The van der Waals surface area contributed by atoms with Crippen LogP contribution in [-0.2, 0) is 9.53 Å². The minimum Gasteiger partial charge on any atom is -0.368 e. The van der Waals surface area contributed by atoms with Crippen LogP contribution in [0.3, 0.4) is 0 Å². The van der Waals surface area contributed by atoms with Gasteiger partial charge in [0.05, 0.1) is 36.0 Å². The van der Waals surface area contributed by atoms with Gasteiger partial charge in [0.15, 0.2) is 5.65 Å². The first-order valence-electron chi connectivity index (χ1n) is 10.4. The summed E-state index contributed by atoms with van der Waals surface area (Å²) in [6, 6.07) is 3.77. The first kappa shape index (κ1) is 21.1. The van der Waals surface area contributed by atoms with E-state index in [1.54, 1.807) is 9.42 Å². The Bertz CT molecular complexity index is 932. The second-order valence-electron chi connectivity index (χ2n) is 9.12. The van der Waals surface area contributed by atoms with Crippen molar-refractivity contribution in [2.45, 2.75) is 70.2 Å². The van der Waals surface area contributed by atoms with E-state index in [-0.39, 0.29) is 30.4 Å². The van der Waals surface area contributed by atoms with E-state index in [1.807, 2.05) is 32.9 Å². The van der Waals surface area contributed by atoms with E-state index >= 15 is 0 Å². The van der Waals surface area contributed by atoms with Gasteiger partial charge in [-0.15, -0.1) is 0 Å². The molecule has 0 bridgehead atoms. The third-order valence-corrected chi connectivity index (χ3v) is 6.44. The lowest BCUT2D eigenvalue weighted by molar-refractivity contribution is -0.182. The fourth-order valence-electron chi connectivity index (χ4n) is 4.52. The maximum atomic E-state index is 13.0. The van der Waals surface area contributed by atoms with E-state index in [1.165, 1.54) is 0 Å². The lowest BCUT2D eigenvalue weighted by Crippen LogP contribution is -2.53. The molecule has 1 amide bonds. The van der Waals surface area contributed by atoms with E-state index in [9.17, 15) is 18.0 Å². The highest BCUT2D eigenvalue weighted by atomic mass is 19.4. The number of hydrogen-bond donors (Lipinski definition) is 0. The van der Waals surface area contributed by atoms with Gasteiger partial charge in [0, 0.05) is 17.7 Å². The predicted octanol–water partition coefficient (Wildman–Crippen LogP) is 4.18. The molecule has 0 unspecified atom stereocenters. The summed E-state index contributed by atoms with van der Waals surface area (Å²) >= 11 is 0. The summed E-state index contributed by atoms with van der Waals surface area (Å²) in [5.74, 6) is -1.22. The SMILES string of the molecule is Cc1cc([C@@H]2CN(C=O)C(C)(C)CO2)n2nc([C@H]3CC[C@H](C(F)(F)F)CC3)cc2n1. The lowest BCUT2D eigenvalue weighted by atomic mass is 9.80. The summed E-state index contributed by atoms with van der Waals surface area (Å²) in [5, 5.41) is 4.71. The minimum atomic E-state index is -4.12. The monoisotopic (exact) mass is 424 g/mol. The highest BCUT2D eigenvalue weighted by Crippen LogP contribution is 2.42. The van der Waals surface area contributed by atoms with Crippen LogP contribution in [0.4, 0.5) is 13.2 Å². The molecule has 2 fully saturated rings. The number of morpholine rings is 1. The van der Waals surface area contributed by atoms with Crippen molar-refractivity contribution >= 4 is 12.1 Å². The van der Waals surface area contributed by atoms with Crippen molar-refractivity contribution in [3.63, 3.8) is 0 Å².